The van der Waals surface area contributed by atoms with E-state index in [1.165, 1.54) is 12.0 Å². The van der Waals surface area contributed by atoms with Crippen molar-refractivity contribution in [1.82, 2.24) is 5.32 Å². The summed E-state index contributed by atoms with van der Waals surface area (Å²) >= 11 is 0. The lowest BCUT2D eigenvalue weighted by Crippen LogP contribution is -2.48. The topological polar surface area (TPSA) is 30.5 Å². The number of hydrogen-bond donors (Lipinski definition) is 1. The Morgan fingerprint density at radius 1 is 1.28 bits per heavy atom. The summed E-state index contributed by atoms with van der Waals surface area (Å²) < 4.78 is 11.0. The minimum Gasteiger partial charge on any atom is -0.496 e. The molecule has 0 heterocycles. The molecule has 1 aromatic carbocycles. The number of hydrogen-bond acceptors (Lipinski definition) is 3. The van der Waals surface area contributed by atoms with Gasteiger partial charge in [0.2, 0.25) is 0 Å². The summed E-state index contributed by atoms with van der Waals surface area (Å²) in [5.41, 5.74) is 1.27. The first kappa shape index (κ1) is 13.4. The van der Waals surface area contributed by atoms with Gasteiger partial charge in [0.05, 0.1) is 12.7 Å². The molecular weight excluding hydrogens is 226 g/mol. The molecule has 0 saturated heterocycles. The molecule has 1 fully saturated rings. The molecule has 1 aromatic rings. The fraction of sp³-hybridized carbons (Fsp3) is 0.600. The second-order valence-corrected chi connectivity index (χ2v) is 5.09. The minimum atomic E-state index is 0.0657. The molecule has 0 aromatic heterocycles. The van der Waals surface area contributed by atoms with Crippen LogP contribution in [-0.2, 0) is 4.74 Å². The summed E-state index contributed by atoms with van der Waals surface area (Å²) in [5.74, 6) is 0.942. The molecule has 0 amide bonds. The Morgan fingerprint density at radius 2 is 2.00 bits per heavy atom. The Labute approximate surface area is 109 Å². The van der Waals surface area contributed by atoms with Crippen LogP contribution in [0.1, 0.15) is 37.8 Å². The molecule has 0 radical (unpaired) electrons. The van der Waals surface area contributed by atoms with Gasteiger partial charge in [-0.05, 0) is 32.3 Å². The third-order valence-corrected chi connectivity index (χ3v) is 4.03. The number of methoxy groups -OCH3 is 2. The van der Waals surface area contributed by atoms with E-state index in [4.69, 9.17) is 9.47 Å². The van der Waals surface area contributed by atoms with E-state index in [0.717, 1.165) is 25.1 Å². The Kier molecular flexibility index (Phi) is 4.25. The first-order valence-corrected chi connectivity index (χ1v) is 6.62. The first-order chi connectivity index (χ1) is 8.71. The number of para-hydroxylation sites is 1. The van der Waals surface area contributed by atoms with E-state index in [0.29, 0.717) is 0 Å². The maximum absolute atomic E-state index is 5.62. The fourth-order valence-corrected chi connectivity index (χ4v) is 2.50. The normalized spacial score (nSPS) is 19.1. The second kappa shape index (κ2) is 5.72. The van der Waals surface area contributed by atoms with Gasteiger partial charge in [-0.2, -0.15) is 0 Å². The maximum Gasteiger partial charge on any atom is 0.123 e. The summed E-state index contributed by atoms with van der Waals surface area (Å²) in [6.45, 7) is 3.07. The molecule has 0 bridgehead atoms. The van der Waals surface area contributed by atoms with Crippen LogP contribution in [0.4, 0.5) is 0 Å². The summed E-state index contributed by atoms with van der Waals surface area (Å²) in [5, 5.41) is 3.56. The molecule has 1 aliphatic carbocycles. The summed E-state index contributed by atoms with van der Waals surface area (Å²) in [6.07, 6.45) is 3.60. The van der Waals surface area contributed by atoms with Crippen LogP contribution in [0.5, 0.6) is 5.75 Å². The van der Waals surface area contributed by atoms with E-state index in [1.807, 2.05) is 25.3 Å². The molecule has 18 heavy (non-hydrogen) atoms. The number of benzene rings is 1. The zero-order valence-corrected chi connectivity index (χ0v) is 11.5. The van der Waals surface area contributed by atoms with Crippen LogP contribution in [0.3, 0.4) is 0 Å². The Hall–Kier alpha value is -1.06. The van der Waals surface area contributed by atoms with Gasteiger partial charge in [0.15, 0.2) is 0 Å². The molecule has 1 aliphatic rings. The molecule has 2 rings (SSSR count). The molecule has 1 N–H and O–H groups in total. The monoisotopic (exact) mass is 249 g/mol. The van der Waals surface area contributed by atoms with Crippen LogP contribution in [0.2, 0.25) is 0 Å². The van der Waals surface area contributed by atoms with Crippen LogP contribution >= 0.6 is 0 Å². The van der Waals surface area contributed by atoms with Crippen molar-refractivity contribution in [2.24, 2.45) is 0 Å². The predicted molar refractivity (Wildman–Crippen MR) is 73.0 cm³/mol. The van der Waals surface area contributed by atoms with Crippen molar-refractivity contribution in [3.8, 4) is 5.75 Å². The van der Waals surface area contributed by atoms with Crippen LogP contribution < -0.4 is 10.1 Å². The largest absolute Gasteiger partial charge is 0.496 e. The lowest BCUT2D eigenvalue weighted by Gasteiger charge is -2.41. The van der Waals surface area contributed by atoms with E-state index in [1.54, 1.807) is 7.11 Å². The SMILES string of the molecule is COc1ccccc1C(C)NCC1(OC)CCC1. The van der Waals surface area contributed by atoms with Crippen molar-refractivity contribution >= 4 is 0 Å². The molecule has 1 saturated carbocycles. The van der Waals surface area contributed by atoms with Crippen molar-refractivity contribution in [2.75, 3.05) is 20.8 Å². The standard InChI is InChI=1S/C15H23NO2/c1-12(13-7-4-5-8-14(13)17-2)16-11-15(18-3)9-6-10-15/h4-5,7-8,12,16H,6,9-11H2,1-3H3. The third kappa shape index (κ3) is 2.68. The Balaban J connectivity index is 1.97. The van der Waals surface area contributed by atoms with E-state index >= 15 is 0 Å². The average Bonchev–Trinajstić information content (AvgIpc) is 2.37. The van der Waals surface area contributed by atoms with Crippen LogP contribution in [-0.4, -0.2) is 26.4 Å². The Bertz CT molecular complexity index is 382. The van der Waals surface area contributed by atoms with Gasteiger partial charge in [0.25, 0.3) is 0 Å². The average molecular weight is 249 g/mol. The molecule has 0 aliphatic heterocycles. The molecule has 3 nitrogen and oxygen atoms in total. The quantitative estimate of drug-likeness (QED) is 0.841. The van der Waals surface area contributed by atoms with Gasteiger partial charge < -0.3 is 14.8 Å². The fourth-order valence-electron chi connectivity index (χ4n) is 2.50. The molecule has 3 heteroatoms. The van der Waals surface area contributed by atoms with Gasteiger partial charge >= 0.3 is 0 Å². The summed E-state index contributed by atoms with van der Waals surface area (Å²) in [6, 6.07) is 8.43. The van der Waals surface area contributed by atoms with Gasteiger partial charge in [0.1, 0.15) is 5.75 Å². The molecular formula is C15H23NO2. The van der Waals surface area contributed by atoms with Crippen LogP contribution in [0, 0.1) is 0 Å². The van der Waals surface area contributed by atoms with Gasteiger partial charge in [-0.1, -0.05) is 18.2 Å². The minimum absolute atomic E-state index is 0.0657. The highest BCUT2D eigenvalue weighted by atomic mass is 16.5. The van der Waals surface area contributed by atoms with E-state index < -0.39 is 0 Å². The van der Waals surface area contributed by atoms with E-state index in [2.05, 4.69) is 18.3 Å². The zero-order chi connectivity index (χ0) is 13.0. The van der Waals surface area contributed by atoms with Crippen molar-refractivity contribution in [1.29, 1.82) is 0 Å². The lowest BCUT2D eigenvalue weighted by atomic mass is 9.80. The van der Waals surface area contributed by atoms with Crippen molar-refractivity contribution in [3.63, 3.8) is 0 Å². The smallest absolute Gasteiger partial charge is 0.123 e. The highest BCUT2D eigenvalue weighted by molar-refractivity contribution is 5.35. The maximum atomic E-state index is 5.62. The lowest BCUT2D eigenvalue weighted by molar-refractivity contribution is -0.0706. The zero-order valence-electron chi connectivity index (χ0n) is 11.5. The predicted octanol–water partition coefficient (Wildman–Crippen LogP) is 2.91. The highest BCUT2D eigenvalue weighted by Crippen LogP contribution is 2.35. The number of ether oxygens (including phenoxy) is 2. The number of rotatable bonds is 6. The van der Waals surface area contributed by atoms with Crippen LogP contribution in [0.15, 0.2) is 24.3 Å². The van der Waals surface area contributed by atoms with Crippen molar-refractivity contribution < 1.29 is 9.47 Å². The van der Waals surface area contributed by atoms with Gasteiger partial charge in [-0.25, -0.2) is 0 Å². The van der Waals surface area contributed by atoms with E-state index in [9.17, 15) is 0 Å². The second-order valence-electron chi connectivity index (χ2n) is 5.09. The molecule has 100 valence electrons. The van der Waals surface area contributed by atoms with Gasteiger partial charge in [0, 0.05) is 25.3 Å². The molecule has 1 atom stereocenters. The van der Waals surface area contributed by atoms with Gasteiger partial charge in [-0.3, -0.25) is 0 Å². The van der Waals surface area contributed by atoms with Crippen molar-refractivity contribution in [2.45, 2.75) is 37.8 Å². The highest BCUT2D eigenvalue weighted by Gasteiger charge is 2.36. The first-order valence-electron chi connectivity index (χ1n) is 6.62. The van der Waals surface area contributed by atoms with Crippen molar-refractivity contribution in [3.05, 3.63) is 29.8 Å². The molecule has 1 unspecified atom stereocenters. The molecule has 0 spiro atoms. The Morgan fingerprint density at radius 3 is 2.56 bits per heavy atom. The van der Waals surface area contributed by atoms with E-state index in [-0.39, 0.29) is 11.6 Å². The number of nitrogens with one attached hydrogen (secondary N) is 1. The summed E-state index contributed by atoms with van der Waals surface area (Å²) in [7, 11) is 3.53. The summed E-state index contributed by atoms with van der Waals surface area (Å²) in [4.78, 5) is 0. The van der Waals surface area contributed by atoms with Gasteiger partial charge in [-0.15, -0.1) is 0 Å². The van der Waals surface area contributed by atoms with Crippen LogP contribution in [0.25, 0.3) is 0 Å². The third-order valence-electron chi connectivity index (χ3n) is 4.03.